The zero-order valence-corrected chi connectivity index (χ0v) is 12.4. The summed E-state index contributed by atoms with van der Waals surface area (Å²) in [4.78, 5) is 0. The number of hydrogen-bond donors (Lipinski definition) is 0. The Morgan fingerprint density at radius 3 is 2.57 bits per heavy atom. The summed E-state index contributed by atoms with van der Waals surface area (Å²) in [6, 6.07) is 15.2. The second kappa shape index (κ2) is 5.33. The van der Waals surface area contributed by atoms with Gasteiger partial charge in [-0.25, -0.2) is 8.42 Å². The Morgan fingerprint density at radius 2 is 1.81 bits per heavy atom. The van der Waals surface area contributed by atoms with Gasteiger partial charge in [0.15, 0.2) is 9.84 Å². The lowest BCUT2D eigenvalue weighted by Gasteiger charge is -2.06. The van der Waals surface area contributed by atoms with E-state index in [0.717, 1.165) is 16.3 Å². The molecule has 0 saturated heterocycles. The minimum absolute atomic E-state index is 0.000259. The van der Waals surface area contributed by atoms with Crippen molar-refractivity contribution in [3.63, 3.8) is 0 Å². The van der Waals surface area contributed by atoms with Gasteiger partial charge in [-0.3, -0.25) is 0 Å². The molecule has 21 heavy (non-hydrogen) atoms. The molecule has 0 aliphatic carbocycles. The van der Waals surface area contributed by atoms with Crippen molar-refractivity contribution in [3.8, 4) is 0 Å². The molecule has 0 spiro atoms. The summed E-state index contributed by atoms with van der Waals surface area (Å²) in [6.07, 6.45) is 0. The molecule has 3 aromatic rings. The van der Waals surface area contributed by atoms with Gasteiger partial charge in [-0.2, -0.15) is 0 Å². The molecule has 108 valence electrons. The summed E-state index contributed by atoms with van der Waals surface area (Å²) in [7, 11) is -3.29. The van der Waals surface area contributed by atoms with E-state index < -0.39 is 9.84 Å². The minimum atomic E-state index is -3.29. The molecule has 0 N–H and O–H groups in total. The highest BCUT2D eigenvalue weighted by Gasteiger charge is 2.17. The van der Waals surface area contributed by atoms with Gasteiger partial charge in [0.25, 0.3) is 0 Å². The molecule has 0 aliphatic heterocycles. The highest BCUT2D eigenvalue weighted by Crippen LogP contribution is 2.21. The number of rotatable bonds is 4. The Labute approximate surface area is 123 Å². The van der Waals surface area contributed by atoms with E-state index in [2.05, 4.69) is 5.16 Å². The summed E-state index contributed by atoms with van der Waals surface area (Å²) in [5.74, 6) is 0.513. The maximum Gasteiger partial charge on any atom is 0.160 e. The summed E-state index contributed by atoms with van der Waals surface area (Å²) in [5, 5.41) is 5.77. The van der Waals surface area contributed by atoms with Crippen molar-refractivity contribution in [2.75, 3.05) is 0 Å². The van der Waals surface area contributed by atoms with Crippen LogP contribution in [0.5, 0.6) is 0 Å². The van der Waals surface area contributed by atoms with Gasteiger partial charge in [-0.05, 0) is 23.3 Å². The van der Waals surface area contributed by atoms with Crippen LogP contribution in [0.25, 0.3) is 10.8 Å². The number of hydrogen-bond acceptors (Lipinski definition) is 4. The van der Waals surface area contributed by atoms with Crippen molar-refractivity contribution < 1.29 is 12.9 Å². The Morgan fingerprint density at radius 1 is 1.05 bits per heavy atom. The molecule has 0 aliphatic rings. The average Bonchev–Trinajstić information content (AvgIpc) is 2.83. The van der Waals surface area contributed by atoms with Crippen LogP contribution in [0.3, 0.4) is 0 Å². The highest BCUT2D eigenvalue weighted by molar-refractivity contribution is 7.89. The number of nitrogens with zero attached hydrogens (tertiary/aromatic N) is 1. The highest BCUT2D eigenvalue weighted by atomic mass is 32.2. The average molecular weight is 301 g/mol. The summed E-state index contributed by atoms with van der Waals surface area (Å²) < 4.78 is 29.6. The molecule has 0 bridgehead atoms. The Hall–Kier alpha value is -2.14. The fraction of sp³-hybridized carbons (Fsp3) is 0.188. The summed E-state index contributed by atoms with van der Waals surface area (Å²) >= 11 is 0. The minimum Gasteiger partial charge on any atom is -0.361 e. The van der Waals surface area contributed by atoms with E-state index in [-0.39, 0.29) is 11.5 Å². The first kappa shape index (κ1) is 13.8. The van der Waals surface area contributed by atoms with Gasteiger partial charge in [0.1, 0.15) is 5.76 Å². The van der Waals surface area contributed by atoms with Crippen LogP contribution in [0.2, 0.25) is 0 Å². The second-order valence-corrected chi connectivity index (χ2v) is 7.16. The normalized spacial score (nSPS) is 11.9. The third kappa shape index (κ3) is 3.13. The van der Waals surface area contributed by atoms with Gasteiger partial charge in [0.05, 0.1) is 17.2 Å². The molecule has 4 nitrogen and oxygen atoms in total. The van der Waals surface area contributed by atoms with E-state index in [0.29, 0.717) is 11.5 Å². The van der Waals surface area contributed by atoms with E-state index >= 15 is 0 Å². The molecular formula is C16H15NO3S. The Bertz CT molecular complexity index is 876. The molecule has 0 radical (unpaired) electrons. The smallest absolute Gasteiger partial charge is 0.160 e. The van der Waals surface area contributed by atoms with Crippen molar-refractivity contribution >= 4 is 20.6 Å². The second-order valence-electron chi connectivity index (χ2n) is 5.10. The van der Waals surface area contributed by atoms with Crippen LogP contribution in [-0.4, -0.2) is 13.6 Å². The van der Waals surface area contributed by atoms with E-state index in [9.17, 15) is 8.42 Å². The van der Waals surface area contributed by atoms with Crippen molar-refractivity contribution in [2.45, 2.75) is 18.4 Å². The lowest BCUT2D eigenvalue weighted by Crippen LogP contribution is -2.08. The number of aryl methyl sites for hydroxylation is 1. The molecule has 0 unspecified atom stereocenters. The monoisotopic (exact) mass is 301 g/mol. The summed E-state index contributed by atoms with van der Waals surface area (Å²) in [5.41, 5.74) is 1.26. The zero-order chi connectivity index (χ0) is 14.9. The first-order valence-electron chi connectivity index (χ1n) is 6.63. The quantitative estimate of drug-likeness (QED) is 0.742. The molecule has 0 fully saturated rings. The third-order valence-electron chi connectivity index (χ3n) is 3.30. The van der Waals surface area contributed by atoms with Crippen molar-refractivity contribution in [1.82, 2.24) is 5.16 Å². The van der Waals surface area contributed by atoms with Gasteiger partial charge < -0.3 is 4.52 Å². The van der Waals surface area contributed by atoms with Crippen molar-refractivity contribution in [3.05, 3.63) is 65.5 Å². The first-order chi connectivity index (χ1) is 10.0. The van der Waals surface area contributed by atoms with Gasteiger partial charge in [0, 0.05) is 6.07 Å². The number of aromatic nitrogens is 1. The van der Waals surface area contributed by atoms with E-state index in [1.165, 1.54) is 0 Å². The van der Waals surface area contributed by atoms with Gasteiger partial charge in [0.2, 0.25) is 0 Å². The molecule has 0 amide bonds. The lowest BCUT2D eigenvalue weighted by atomic mass is 10.1. The standard InChI is InChI=1S/C16H15NO3S/c1-12-9-15(17-20-12)11-21(18,19)10-14-7-4-6-13-5-2-3-8-16(13)14/h2-9H,10-11H2,1H3. The molecule has 5 heteroatoms. The number of fused-ring (bicyclic) bond motifs is 1. The lowest BCUT2D eigenvalue weighted by molar-refractivity contribution is 0.392. The molecule has 1 aromatic heterocycles. The van der Waals surface area contributed by atoms with Crippen LogP contribution in [-0.2, 0) is 21.3 Å². The largest absolute Gasteiger partial charge is 0.361 e. The van der Waals surface area contributed by atoms with E-state index in [4.69, 9.17) is 4.52 Å². The maximum atomic E-state index is 12.3. The number of benzene rings is 2. The fourth-order valence-electron chi connectivity index (χ4n) is 2.42. The van der Waals surface area contributed by atoms with Crippen LogP contribution in [0, 0.1) is 6.92 Å². The molecular weight excluding hydrogens is 286 g/mol. The molecule has 0 atom stereocenters. The van der Waals surface area contributed by atoms with Crippen LogP contribution in [0.4, 0.5) is 0 Å². The van der Waals surface area contributed by atoms with Gasteiger partial charge in [-0.1, -0.05) is 47.6 Å². The Kier molecular flexibility index (Phi) is 3.51. The zero-order valence-electron chi connectivity index (χ0n) is 11.6. The van der Waals surface area contributed by atoms with Crippen LogP contribution in [0.15, 0.2) is 53.1 Å². The van der Waals surface area contributed by atoms with Crippen molar-refractivity contribution in [1.29, 1.82) is 0 Å². The van der Waals surface area contributed by atoms with E-state index in [1.54, 1.807) is 13.0 Å². The van der Waals surface area contributed by atoms with Crippen LogP contribution >= 0.6 is 0 Å². The molecule has 2 aromatic carbocycles. The predicted molar refractivity (Wildman–Crippen MR) is 81.5 cm³/mol. The molecule has 3 rings (SSSR count). The molecule has 1 heterocycles. The molecule has 0 saturated carbocycles. The number of sulfone groups is 1. The Balaban J connectivity index is 1.90. The third-order valence-corrected chi connectivity index (χ3v) is 4.79. The topological polar surface area (TPSA) is 60.2 Å². The summed E-state index contributed by atoms with van der Waals surface area (Å²) in [6.45, 7) is 1.74. The van der Waals surface area contributed by atoms with Gasteiger partial charge >= 0.3 is 0 Å². The van der Waals surface area contributed by atoms with Crippen molar-refractivity contribution in [2.24, 2.45) is 0 Å². The van der Waals surface area contributed by atoms with Crippen LogP contribution < -0.4 is 0 Å². The fourth-order valence-corrected chi connectivity index (χ4v) is 3.83. The first-order valence-corrected chi connectivity index (χ1v) is 8.45. The SMILES string of the molecule is Cc1cc(CS(=O)(=O)Cc2cccc3ccccc23)no1. The van der Waals surface area contributed by atoms with Crippen LogP contribution in [0.1, 0.15) is 17.0 Å². The van der Waals surface area contributed by atoms with E-state index in [1.807, 2.05) is 42.5 Å². The maximum absolute atomic E-state index is 12.3. The predicted octanol–water partition coefficient (Wildman–Crippen LogP) is 3.25. The van der Waals surface area contributed by atoms with Gasteiger partial charge in [-0.15, -0.1) is 0 Å².